The summed E-state index contributed by atoms with van der Waals surface area (Å²) in [5, 5.41) is 1.79. The minimum absolute atomic E-state index is 0.0439. The highest BCUT2D eigenvalue weighted by Gasteiger charge is 2.37. The summed E-state index contributed by atoms with van der Waals surface area (Å²) in [5.41, 5.74) is 2.07. The summed E-state index contributed by atoms with van der Waals surface area (Å²) in [6, 6.07) is 14.7. The number of carbonyl (C=O) groups excluding carboxylic acids is 2. The zero-order valence-corrected chi connectivity index (χ0v) is 18.1. The summed E-state index contributed by atoms with van der Waals surface area (Å²) in [7, 11) is 0. The van der Waals surface area contributed by atoms with Crippen LogP contribution < -0.4 is 19.1 Å². The molecule has 0 aromatic heterocycles. The fourth-order valence-corrected chi connectivity index (χ4v) is 3.90. The Morgan fingerprint density at radius 2 is 1.68 bits per heavy atom. The predicted molar refractivity (Wildman–Crippen MR) is 119 cm³/mol. The highest BCUT2D eigenvalue weighted by atomic mass is 16.5. The Bertz CT molecular complexity index is 1150. The van der Waals surface area contributed by atoms with Crippen LogP contribution in [0, 0.1) is 0 Å². The molecule has 3 aromatic rings. The molecule has 1 heterocycles. The Balaban J connectivity index is 1.84. The van der Waals surface area contributed by atoms with Crippen LogP contribution in [0.1, 0.15) is 43.6 Å². The topological polar surface area (TPSA) is 65.1 Å². The van der Waals surface area contributed by atoms with E-state index in [-0.39, 0.29) is 18.0 Å². The van der Waals surface area contributed by atoms with E-state index in [0.717, 1.165) is 22.1 Å². The van der Waals surface area contributed by atoms with Gasteiger partial charge in [-0.05, 0) is 45.0 Å². The maximum Gasteiger partial charge on any atom is 0.308 e. The SMILES string of the molecule is CCOc1c2c(c(OC(C)C)c3ccccc13)CN(c1ccc(OC(C)=O)cc1)C2=O. The Kier molecular flexibility index (Phi) is 5.55. The smallest absolute Gasteiger partial charge is 0.308 e. The number of amides is 1. The van der Waals surface area contributed by atoms with Crippen molar-refractivity contribution in [3.63, 3.8) is 0 Å². The van der Waals surface area contributed by atoms with Gasteiger partial charge >= 0.3 is 5.97 Å². The molecule has 1 amide bonds. The van der Waals surface area contributed by atoms with Crippen LogP contribution in [-0.4, -0.2) is 24.6 Å². The lowest BCUT2D eigenvalue weighted by atomic mass is 9.99. The minimum atomic E-state index is -0.388. The molecule has 0 atom stereocenters. The number of carbonyl (C=O) groups is 2. The van der Waals surface area contributed by atoms with E-state index < -0.39 is 0 Å². The van der Waals surface area contributed by atoms with Crippen LogP contribution in [0.2, 0.25) is 0 Å². The molecular formula is C25H25NO5. The van der Waals surface area contributed by atoms with Crippen molar-refractivity contribution in [2.45, 2.75) is 40.3 Å². The zero-order chi connectivity index (χ0) is 22.1. The van der Waals surface area contributed by atoms with Crippen molar-refractivity contribution in [3.8, 4) is 17.2 Å². The summed E-state index contributed by atoms with van der Waals surface area (Å²) in [4.78, 5) is 26.4. The third-order valence-electron chi connectivity index (χ3n) is 5.05. The molecule has 31 heavy (non-hydrogen) atoms. The third-order valence-corrected chi connectivity index (χ3v) is 5.05. The predicted octanol–water partition coefficient (Wildman–Crippen LogP) is 5.11. The molecule has 6 heteroatoms. The summed E-state index contributed by atoms with van der Waals surface area (Å²) in [6.45, 7) is 8.02. The Morgan fingerprint density at radius 1 is 1.03 bits per heavy atom. The van der Waals surface area contributed by atoms with Crippen molar-refractivity contribution >= 4 is 28.3 Å². The Morgan fingerprint density at radius 3 is 2.26 bits per heavy atom. The molecule has 0 aliphatic carbocycles. The standard InChI is InChI=1S/C25H25NO5/c1-5-29-24-20-9-7-6-8-19(20)23(30-15(2)3)21-14-26(25(28)22(21)24)17-10-12-18(13-11-17)31-16(4)27/h6-13,15H,5,14H2,1-4H3. The molecule has 0 saturated carbocycles. The maximum absolute atomic E-state index is 13.5. The van der Waals surface area contributed by atoms with Gasteiger partial charge in [-0.2, -0.15) is 0 Å². The molecular weight excluding hydrogens is 394 g/mol. The van der Waals surface area contributed by atoms with Crippen LogP contribution in [0.5, 0.6) is 17.2 Å². The van der Waals surface area contributed by atoms with E-state index in [4.69, 9.17) is 14.2 Å². The number of ether oxygens (including phenoxy) is 3. The lowest BCUT2D eigenvalue weighted by Gasteiger charge is -2.19. The molecule has 0 N–H and O–H groups in total. The van der Waals surface area contributed by atoms with Crippen molar-refractivity contribution in [3.05, 3.63) is 59.7 Å². The average molecular weight is 419 g/mol. The first-order valence-corrected chi connectivity index (χ1v) is 10.4. The number of nitrogens with zero attached hydrogens (tertiary/aromatic N) is 1. The van der Waals surface area contributed by atoms with Gasteiger partial charge < -0.3 is 19.1 Å². The quantitative estimate of drug-likeness (QED) is 0.410. The lowest BCUT2D eigenvalue weighted by molar-refractivity contribution is -0.131. The monoisotopic (exact) mass is 419 g/mol. The molecule has 3 aromatic carbocycles. The zero-order valence-electron chi connectivity index (χ0n) is 18.1. The molecule has 1 aliphatic heterocycles. The normalized spacial score (nSPS) is 12.9. The third kappa shape index (κ3) is 3.81. The van der Waals surface area contributed by atoms with E-state index in [9.17, 15) is 9.59 Å². The molecule has 0 spiro atoms. The lowest BCUT2D eigenvalue weighted by Crippen LogP contribution is -2.23. The second-order valence-corrected chi connectivity index (χ2v) is 7.64. The van der Waals surface area contributed by atoms with Gasteiger partial charge in [-0.1, -0.05) is 24.3 Å². The number of hydrogen-bond acceptors (Lipinski definition) is 5. The van der Waals surface area contributed by atoms with E-state index in [2.05, 4.69) is 0 Å². The fraction of sp³-hybridized carbons (Fsp3) is 0.280. The van der Waals surface area contributed by atoms with Gasteiger partial charge in [0.05, 0.1) is 24.8 Å². The highest BCUT2D eigenvalue weighted by molar-refractivity contribution is 6.16. The van der Waals surface area contributed by atoms with Crippen LogP contribution in [0.4, 0.5) is 5.69 Å². The molecule has 6 nitrogen and oxygen atoms in total. The van der Waals surface area contributed by atoms with E-state index in [1.807, 2.05) is 45.0 Å². The van der Waals surface area contributed by atoms with E-state index >= 15 is 0 Å². The van der Waals surface area contributed by atoms with Crippen LogP contribution in [0.25, 0.3) is 10.8 Å². The number of rotatable bonds is 6. The number of benzene rings is 3. The first-order valence-electron chi connectivity index (χ1n) is 10.4. The number of hydrogen-bond donors (Lipinski definition) is 0. The van der Waals surface area contributed by atoms with Gasteiger partial charge in [-0.15, -0.1) is 0 Å². The van der Waals surface area contributed by atoms with Gasteiger partial charge in [0.25, 0.3) is 5.91 Å². The molecule has 0 fully saturated rings. The van der Waals surface area contributed by atoms with Crippen molar-refractivity contribution in [2.24, 2.45) is 0 Å². The first kappa shape index (κ1) is 20.7. The second-order valence-electron chi connectivity index (χ2n) is 7.64. The van der Waals surface area contributed by atoms with Gasteiger partial charge in [0.1, 0.15) is 17.2 Å². The molecule has 160 valence electrons. The summed E-state index contributed by atoms with van der Waals surface area (Å²) >= 11 is 0. The second kappa shape index (κ2) is 8.30. The summed E-state index contributed by atoms with van der Waals surface area (Å²) < 4.78 is 17.3. The van der Waals surface area contributed by atoms with E-state index in [0.29, 0.717) is 35.9 Å². The van der Waals surface area contributed by atoms with Crippen molar-refractivity contribution in [2.75, 3.05) is 11.5 Å². The van der Waals surface area contributed by atoms with Crippen molar-refractivity contribution in [1.82, 2.24) is 0 Å². The molecule has 4 rings (SSSR count). The van der Waals surface area contributed by atoms with Gasteiger partial charge in [0, 0.05) is 28.9 Å². The number of esters is 1. The Hall–Kier alpha value is -3.54. The van der Waals surface area contributed by atoms with Crippen LogP contribution in [-0.2, 0) is 11.3 Å². The largest absolute Gasteiger partial charge is 0.492 e. The fourth-order valence-electron chi connectivity index (χ4n) is 3.90. The summed E-state index contributed by atoms with van der Waals surface area (Å²) in [6.07, 6.45) is -0.0439. The van der Waals surface area contributed by atoms with Crippen LogP contribution >= 0.6 is 0 Å². The first-order chi connectivity index (χ1) is 14.9. The van der Waals surface area contributed by atoms with Crippen molar-refractivity contribution < 1.29 is 23.8 Å². The molecule has 1 aliphatic rings. The van der Waals surface area contributed by atoms with Gasteiger partial charge in [-0.3, -0.25) is 9.59 Å². The Labute approximate surface area is 181 Å². The van der Waals surface area contributed by atoms with Gasteiger partial charge in [-0.25, -0.2) is 0 Å². The number of fused-ring (bicyclic) bond motifs is 2. The molecule has 0 radical (unpaired) electrons. The van der Waals surface area contributed by atoms with Crippen LogP contribution in [0.3, 0.4) is 0 Å². The molecule has 0 saturated heterocycles. The average Bonchev–Trinajstić information content (AvgIpc) is 3.07. The number of anilines is 1. The minimum Gasteiger partial charge on any atom is -0.492 e. The molecule has 0 unspecified atom stereocenters. The van der Waals surface area contributed by atoms with Crippen molar-refractivity contribution in [1.29, 1.82) is 0 Å². The van der Waals surface area contributed by atoms with Gasteiger partial charge in [0.15, 0.2) is 0 Å². The summed E-state index contributed by atoms with van der Waals surface area (Å²) in [5.74, 6) is 1.22. The van der Waals surface area contributed by atoms with Gasteiger partial charge in [0.2, 0.25) is 0 Å². The highest BCUT2D eigenvalue weighted by Crippen LogP contribution is 2.46. The van der Waals surface area contributed by atoms with Crippen LogP contribution in [0.15, 0.2) is 48.5 Å². The maximum atomic E-state index is 13.5. The molecule has 0 bridgehead atoms. The van der Waals surface area contributed by atoms with E-state index in [1.165, 1.54) is 6.92 Å². The van der Waals surface area contributed by atoms with E-state index in [1.54, 1.807) is 29.2 Å².